The molecule has 1 rings (SSSR count). The third kappa shape index (κ3) is 4.65. The fourth-order valence-electron chi connectivity index (χ4n) is 2.49. The average molecular weight is 250 g/mol. The Hall–Kier alpha value is 0.127. The van der Waals surface area contributed by atoms with Gasteiger partial charge in [-0.2, -0.15) is 0 Å². The zero-order valence-electron chi connectivity index (χ0n) is 9.45. The molecule has 0 aliphatic heterocycles. The largest absolute Gasteiger partial charge is 0.432 e. The molecule has 1 atom stereocenters. The van der Waals surface area contributed by atoms with Crippen molar-refractivity contribution in [2.24, 2.45) is 0 Å². The van der Waals surface area contributed by atoms with Gasteiger partial charge in [-0.25, -0.2) is 8.42 Å². The normalized spacial score (nSPS) is 22.9. The molecule has 1 fully saturated rings. The molecule has 0 aromatic heterocycles. The van der Waals surface area contributed by atoms with Crippen LogP contribution in [-0.2, 0) is 10.7 Å². The third-order valence-corrected chi connectivity index (χ3v) is 7.89. The van der Waals surface area contributed by atoms with Crippen LogP contribution < -0.4 is 0 Å². The monoisotopic (exact) mass is 250 g/mol. The Labute approximate surface area is 95.0 Å². The quantitative estimate of drug-likeness (QED) is 0.579. The van der Waals surface area contributed by atoms with E-state index in [1.807, 2.05) is 6.55 Å². The highest BCUT2D eigenvalue weighted by Gasteiger charge is 2.35. The van der Waals surface area contributed by atoms with Crippen LogP contribution in [0.15, 0.2) is 0 Å². The summed E-state index contributed by atoms with van der Waals surface area (Å²) in [4.78, 5) is 10.4. The van der Waals surface area contributed by atoms with Gasteiger partial charge in [0.25, 0.3) is 0 Å². The summed E-state index contributed by atoms with van der Waals surface area (Å²) < 4.78 is 20.9. The highest BCUT2D eigenvalue weighted by molar-refractivity contribution is 7.72. The van der Waals surface area contributed by atoms with Gasteiger partial charge in [0.2, 0.25) is 0 Å². The standard InChI is InChI=1S/C10H22O3SSi/c1-15(13,9-5-8-14(11)12)10-6-3-2-4-7-10/h10,13-14H,2-9H2,1H3. The van der Waals surface area contributed by atoms with E-state index in [9.17, 15) is 13.2 Å². The first kappa shape index (κ1) is 13.2. The summed E-state index contributed by atoms with van der Waals surface area (Å²) in [6, 6.07) is 0.751. The summed E-state index contributed by atoms with van der Waals surface area (Å²) >= 11 is 0. The maximum atomic E-state index is 10.4. The van der Waals surface area contributed by atoms with Crippen LogP contribution >= 0.6 is 0 Å². The van der Waals surface area contributed by atoms with E-state index in [-0.39, 0.29) is 5.75 Å². The number of hydrogen-bond acceptors (Lipinski definition) is 3. The summed E-state index contributed by atoms with van der Waals surface area (Å²) in [5, 5.41) is 0. The van der Waals surface area contributed by atoms with Gasteiger partial charge < -0.3 is 4.80 Å². The van der Waals surface area contributed by atoms with Crippen molar-refractivity contribution < 1.29 is 13.2 Å². The van der Waals surface area contributed by atoms with E-state index in [4.69, 9.17) is 0 Å². The molecule has 5 heteroatoms. The molecule has 0 saturated heterocycles. The molecular formula is C10H22O3SSi. The third-order valence-electron chi connectivity index (χ3n) is 3.51. The van der Waals surface area contributed by atoms with Gasteiger partial charge >= 0.3 is 0 Å². The van der Waals surface area contributed by atoms with Crippen molar-refractivity contribution in [3.63, 3.8) is 0 Å². The Kier molecular flexibility index (Phi) is 5.29. The predicted octanol–water partition coefficient (Wildman–Crippen LogP) is 1.89. The lowest BCUT2D eigenvalue weighted by Crippen LogP contribution is -2.37. The maximum Gasteiger partial charge on any atom is 0.188 e. The highest BCUT2D eigenvalue weighted by Crippen LogP contribution is 2.37. The first-order valence-electron chi connectivity index (χ1n) is 5.86. The molecule has 1 N–H and O–H groups in total. The Morgan fingerprint density at radius 2 is 1.87 bits per heavy atom. The van der Waals surface area contributed by atoms with Crippen LogP contribution in [0.1, 0.15) is 38.5 Å². The second kappa shape index (κ2) is 6.01. The van der Waals surface area contributed by atoms with Crippen molar-refractivity contribution in [3.05, 3.63) is 0 Å². The molecule has 0 radical (unpaired) electrons. The van der Waals surface area contributed by atoms with Crippen LogP contribution in [0.2, 0.25) is 18.1 Å². The van der Waals surface area contributed by atoms with Crippen molar-refractivity contribution in [3.8, 4) is 0 Å². The molecule has 1 aliphatic rings. The minimum absolute atomic E-state index is 0.241. The van der Waals surface area contributed by atoms with Gasteiger partial charge in [0.1, 0.15) is 10.7 Å². The number of rotatable bonds is 5. The van der Waals surface area contributed by atoms with Crippen LogP contribution in [0, 0.1) is 0 Å². The first-order valence-corrected chi connectivity index (χ1v) is 9.96. The molecule has 1 saturated carbocycles. The smallest absolute Gasteiger partial charge is 0.188 e. The lowest BCUT2D eigenvalue weighted by molar-refractivity contribution is 0.428. The van der Waals surface area contributed by atoms with Crippen molar-refractivity contribution >= 4 is 19.0 Å². The van der Waals surface area contributed by atoms with Crippen LogP contribution in [0.25, 0.3) is 0 Å². The van der Waals surface area contributed by atoms with Crippen LogP contribution in [0.3, 0.4) is 0 Å². The van der Waals surface area contributed by atoms with Gasteiger partial charge in [0.05, 0.1) is 0 Å². The average Bonchev–Trinajstić information content (AvgIpc) is 2.18. The minimum atomic E-state index is -2.26. The molecule has 0 heterocycles. The van der Waals surface area contributed by atoms with Crippen molar-refractivity contribution in [1.29, 1.82) is 0 Å². The topological polar surface area (TPSA) is 54.4 Å². The second-order valence-corrected chi connectivity index (χ2v) is 10.00. The molecular weight excluding hydrogens is 228 g/mol. The summed E-state index contributed by atoms with van der Waals surface area (Å²) in [6.45, 7) is 2.00. The van der Waals surface area contributed by atoms with E-state index in [0.717, 1.165) is 18.9 Å². The molecule has 0 bridgehead atoms. The first-order chi connectivity index (χ1) is 7.02. The zero-order valence-corrected chi connectivity index (χ0v) is 11.3. The Bertz CT molecular complexity index is 249. The van der Waals surface area contributed by atoms with E-state index in [1.54, 1.807) is 0 Å². The van der Waals surface area contributed by atoms with Gasteiger partial charge in [-0.3, -0.25) is 0 Å². The SMILES string of the molecule is C[Si](O)(CCC[SH](=O)=O)C1CCCCC1. The van der Waals surface area contributed by atoms with E-state index in [1.165, 1.54) is 19.3 Å². The highest BCUT2D eigenvalue weighted by atomic mass is 32.2. The van der Waals surface area contributed by atoms with Crippen molar-refractivity contribution in [2.45, 2.75) is 56.7 Å². The van der Waals surface area contributed by atoms with Crippen LogP contribution in [0.4, 0.5) is 0 Å². The van der Waals surface area contributed by atoms with Crippen molar-refractivity contribution in [1.82, 2.24) is 0 Å². The fraction of sp³-hybridized carbons (Fsp3) is 1.00. The fourth-order valence-corrected chi connectivity index (χ4v) is 6.16. The lowest BCUT2D eigenvalue weighted by atomic mass is 10.0. The Balaban J connectivity index is 2.35. The predicted molar refractivity (Wildman–Crippen MR) is 65.3 cm³/mol. The Morgan fingerprint density at radius 1 is 1.27 bits per heavy atom. The van der Waals surface area contributed by atoms with Gasteiger partial charge in [0.15, 0.2) is 8.32 Å². The van der Waals surface area contributed by atoms with E-state index in [0.29, 0.717) is 12.0 Å². The molecule has 90 valence electrons. The lowest BCUT2D eigenvalue weighted by Gasteiger charge is -2.33. The summed E-state index contributed by atoms with van der Waals surface area (Å²) in [5.74, 6) is 0.241. The molecule has 1 unspecified atom stereocenters. The molecule has 3 nitrogen and oxygen atoms in total. The molecule has 15 heavy (non-hydrogen) atoms. The van der Waals surface area contributed by atoms with Crippen LogP contribution in [0.5, 0.6) is 0 Å². The van der Waals surface area contributed by atoms with Gasteiger partial charge in [-0.15, -0.1) is 0 Å². The van der Waals surface area contributed by atoms with Gasteiger partial charge in [-0.05, 0) is 24.6 Å². The van der Waals surface area contributed by atoms with Crippen LogP contribution in [-0.4, -0.2) is 27.3 Å². The van der Waals surface area contributed by atoms with Crippen molar-refractivity contribution in [2.75, 3.05) is 5.75 Å². The second-order valence-electron chi connectivity index (χ2n) is 4.85. The molecule has 1 aliphatic carbocycles. The number of hydrogen-bond donors (Lipinski definition) is 2. The molecule has 0 amide bonds. The molecule has 0 spiro atoms. The molecule has 0 aromatic rings. The van der Waals surface area contributed by atoms with Gasteiger partial charge in [-0.1, -0.05) is 32.1 Å². The summed E-state index contributed by atoms with van der Waals surface area (Å²) in [6.07, 6.45) is 6.74. The van der Waals surface area contributed by atoms with E-state index >= 15 is 0 Å². The zero-order chi connectivity index (χ0) is 11.3. The summed E-state index contributed by atoms with van der Waals surface area (Å²) in [5.41, 5.74) is 0.510. The number of thiol groups is 1. The minimum Gasteiger partial charge on any atom is -0.432 e. The molecule has 0 aromatic carbocycles. The van der Waals surface area contributed by atoms with E-state index < -0.39 is 19.0 Å². The van der Waals surface area contributed by atoms with E-state index in [2.05, 4.69) is 0 Å². The summed E-state index contributed by atoms with van der Waals surface area (Å²) in [7, 11) is -4.40. The Morgan fingerprint density at radius 3 is 2.40 bits per heavy atom. The van der Waals surface area contributed by atoms with Gasteiger partial charge in [0, 0.05) is 5.75 Å². The maximum absolute atomic E-state index is 10.4.